The third-order valence-corrected chi connectivity index (χ3v) is 5.34. The number of alkyl halides is 1. The highest BCUT2D eigenvalue weighted by Gasteiger charge is 2.15. The largest absolute Gasteiger partial charge is 0.224 e. The molecule has 0 aliphatic carbocycles. The van der Waals surface area contributed by atoms with Gasteiger partial charge in [-0.1, -0.05) is 41.9 Å². The average molecular weight is 305 g/mol. The molecule has 0 aromatic heterocycles. The van der Waals surface area contributed by atoms with E-state index in [9.17, 15) is 8.42 Å². The van der Waals surface area contributed by atoms with E-state index in [1.54, 1.807) is 12.1 Å². The van der Waals surface area contributed by atoms with Gasteiger partial charge in [-0.05, 0) is 30.0 Å². The van der Waals surface area contributed by atoms with Gasteiger partial charge in [0.2, 0.25) is 0 Å². The van der Waals surface area contributed by atoms with Gasteiger partial charge < -0.3 is 0 Å². The van der Waals surface area contributed by atoms with Gasteiger partial charge in [-0.25, -0.2) is 8.42 Å². The summed E-state index contributed by atoms with van der Waals surface area (Å²) in [6.45, 7) is 4.26. The van der Waals surface area contributed by atoms with Gasteiger partial charge >= 0.3 is 0 Å². The minimum atomic E-state index is -3.08. The Hall–Kier alpha value is -0.350. The molecule has 2 atom stereocenters. The van der Waals surface area contributed by atoms with Crippen molar-refractivity contribution in [1.29, 1.82) is 0 Å². The van der Waals surface area contributed by atoms with E-state index < -0.39 is 9.84 Å². The Kier molecular flexibility index (Phi) is 4.56. The molecule has 0 saturated heterocycles. The quantitative estimate of drug-likeness (QED) is 0.799. The van der Waals surface area contributed by atoms with E-state index in [1.807, 2.05) is 12.1 Å². The molecule has 0 aliphatic rings. The maximum absolute atomic E-state index is 11.3. The average Bonchev–Trinajstić information content (AvgIpc) is 2.26. The lowest BCUT2D eigenvalue weighted by Crippen LogP contribution is -2.08. The van der Waals surface area contributed by atoms with Crippen LogP contribution in [0.1, 0.15) is 31.7 Å². The van der Waals surface area contributed by atoms with Crippen LogP contribution < -0.4 is 0 Å². The summed E-state index contributed by atoms with van der Waals surface area (Å²) in [6.07, 6.45) is 2.28. The van der Waals surface area contributed by atoms with Crippen LogP contribution in [-0.4, -0.2) is 19.5 Å². The SMILES string of the molecule is CCC(Br)C(C)c1ccc(S(C)(=O)=O)cc1. The Balaban J connectivity index is 2.96. The van der Waals surface area contributed by atoms with Crippen LogP contribution in [0.4, 0.5) is 0 Å². The van der Waals surface area contributed by atoms with E-state index >= 15 is 0 Å². The fraction of sp³-hybridized carbons (Fsp3) is 0.500. The van der Waals surface area contributed by atoms with Crippen LogP contribution in [-0.2, 0) is 9.84 Å². The Morgan fingerprint density at radius 2 is 1.75 bits per heavy atom. The molecular weight excluding hydrogens is 288 g/mol. The molecule has 0 amide bonds. The first-order valence-corrected chi connectivity index (χ1v) is 8.11. The minimum Gasteiger partial charge on any atom is -0.224 e. The van der Waals surface area contributed by atoms with Crippen LogP contribution in [0.25, 0.3) is 0 Å². The monoisotopic (exact) mass is 304 g/mol. The van der Waals surface area contributed by atoms with Gasteiger partial charge in [-0.3, -0.25) is 0 Å². The second kappa shape index (κ2) is 5.32. The van der Waals surface area contributed by atoms with Gasteiger partial charge in [0.1, 0.15) is 0 Å². The van der Waals surface area contributed by atoms with Crippen LogP contribution in [0.2, 0.25) is 0 Å². The van der Waals surface area contributed by atoms with Gasteiger partial charge in [0, 0.05) is 11.1 Å². The molecule has 0 aliphatic heterocycles. The van der Waals surface area contributed by atoms with Crippen molar-refractivity contribution in [1.82, 2.24) is 0 Å². The summed E-state index contributed by atoms with van der Waals surface area (Å²) in [4.78, 5) is 0.808. The molecular formula is C12H17BrO2S. The second-order valence-electron chi connectivity index (χ2n) is 4.05. The van der Waals surface area contributed by atoms with Crippen molar-refractivity contribution in [3.8, 4) is 0 Å². The first-order chi connectivity index (χ1) is 7.36. The maximum Gasteiger partial charge on any atom is 0.175 e. The molecule has 0 bridgehead atoms. The second-order valence-corrected chi connectivity index (χ2v) is 7.25. The number of benzene rings is 1. The summed E-state index contributed by atoms with van der Waals surface area (Å²) in [6, 6.07) is 7.14. The molecule has 1 rings (SSSR count). The molecule has 0 heterocycles. The predicted molar refractivity (Wildman–Crippen MR) is 71.0 cm³/mol. The first-order valence-electron chi connectivity index (χ1n) is 5.30. The van der Waals surface area contributed by atoms with E-state index in [1.165, 1.54) is 6.26 Å². The molecule has 1 aromatic rings. The molecule has 90 valence electrons. The van der Waals surface area contributed by atoms with E-state index in [4.69, 9.17) is 0 Å². The van der Waals surface area contributed by atoms with E-state index in [0.717, 1.165) is 12.0 Å². The highest BCUT2D eigenvalue weighted by atomic mass is 79.9. The summed E-state index contributed by atoms with van der Waals surface area (Å²) < 4.78 is 22.6. The van der Waals surface area contributed by atoms with Crippen molar-refractivity contribution in [3.63, 3.8) is 0 Å². The normalized spacial score (nSPS) is 15.8. The van der Waals surface area contributed by atoms with Crippen LogP contribution >= 0.6 is 15.9 Å². The summed E-state index contributed by atoms with van der Waals surface area (Å²) in [7, 11) is -3.08. The van der Waals surface area contributed by atoms with E-state index in [-0.39, 0.29) is 0 Å². The van der Waals surface area contributed by atoms with Gasteiger partial charge in [-0.2, -0.15) is 0 Å². The van der Waals surface area contributed by atoms with Crippen molar-refractivity contribution in [3.05, 3.63) is 29.8 Å². The Labute approximate surface area is 106 Å². The van der Waals surface area contributed by atoms with Crippen LogP contribution in [0.5, 0.6) is 0 Å². The summed E-state index contributed by atoms with van der Waals surface area (Å²) in [5.74, 6) is 0.388. The Morgan fingerprint density at radius 3 is 2.12 bits per heavy atom. The predicted octanol–water partition coefficient (Wildman–Crippen LogP) is 3.37. The van der Waals surface area contributed by atoms with Gasteiger partial charge in [-0.15, -0.1) is 0 Å². The van der Waals surface area contributed by atoms with Crippen LogP contribution in [0.15, 0.2) is 29.2 Å². The zero-order valence-electron chi connectivity index (χ0n) is 9.77. The highest BCUT2D eigenvalue weighted by Crippen LogP contribution is 2.27. The lowest BCUT2D eigenvalue weighted by molar-refractivity contribution is 0.601. The molecule has 0 radical (unpaired) electrons. The van der Waals surface area contributed by atoms with Crippen LogP contribution in [0.3, 0.4) is 0 Å². The van der Waals surface area contributed by atoms with Gasteiger partial charge in [0.05, 0.1) is 4.90 Å². The molecule has 1 aromatic carbocycles. The molecule has 0 spiro atoms. The van der Waals surface area contributed by atoms with Crippen molar-refractivity contribution in [2.45, 2.75) is 35.9 Å². The summed E-state index contributed by atoms with van der Waals surface area (Å²) in [5.41, 5.74) is 1.16. The lowest BCUT2D eigenvalue weighted by atomic mass is 9.97. The van der Waals surface area contributed by atoms with E-state index in [0.29, 0.717) is 15.6 Å². The van der Waals surface area contributed by atoms with E-state index in [2.05, 4.69) is 29.8 Å². The van der Waals surface area contributed by atoms with Gasteiger partial charge in [0.25, 0.3) is 0 Å². The molecule has 4 heteroatoms. The molecule has 2 nitrogen and oxygen atoms in total. The number of sulfone groups is 1. The van der Waals surface area contributed by atoms with Crippen molar-refractivity contribution < 1.29 is 8.42 Å². The third kappa shape index (κ3) is 3.32. The third-order valence-electron chi connectivity index (χ3n) is 2.77. The van der Waals surface area contributed by atoms with Crippen molar-refractivity contribution in [2.75, 3.05) is 6.26 Å². The lowest BCUT2D eigenvalue weighted by Gasteiger charge is -2.17. The van der Waals surface area contributed by atoms with Crippen LogP contribution in [0, 0.1) is 0 Å². The van der Waals surface area contributed by atoms with Gasteiger partial charge in [0.15, 0.2) is 9.84 Å². The van der Waals surface area contributed by atoms with Crippen molar-refractivity contribution in [2.24, 2.45) is 0 Å². The molecule has 16 heavy (non-hydrogen) atoms. The highest BCUT2D eigenvalue weighted by molar-refractivity contribution is 9.09. The number of rotatable bonds is 4. The molecule has 0 fully saturated rings. The fourth-order valence-corrected chi connectivity index (χ4v) is 2.52. The zero-order chi connectivity index (χ0) is 12.3. The number of hydrogen-bond donors (Lipinski definition) is 0. The van der Waals surface area contributed by atoms with Crippen molar-refractivity contribution >= 4 is 25.8 Å². The topological polar surface area (TPSA) is 34.1 Å². The summed E-state index contributed by atoms with van der Waals surface area (Å²) >= 11 is 3.62. The maximum atomic E-state index is 11.3. The molecule has 2 unspecified atom stereocenters. The standard InChI is InChI=1S/C12H17BrO2S/c1-4-12(13)9(2)10-5-7-11(8-6-10)16(3,14)15/h5-9,12H,4H2,1-3H3. The zero-order valence-corrected chi connectivity index (χ0v) is 12.2. The molecule has 0 saturated carbocycles. The number of halogens is 1. The summed E-state index contributed by atoms with van der Waals surface area (Å²) in [5, 5.41) is 0. The fourth-order valence-electron chi connectivity index (χ4n) is 1.58. The Bertz CT molecular complexity index is 437. The number of hydrogen-bond acceptors (Lipinski definition) is 2. The smallest absolute Gasteiger partial charge is 0.175 e. The first kappa shape index (κ1) is 13.7. The Morgan fingerprint density at radius 1 is 1.25 bits per heavy atom. The minimum absolute atomic E-state index is 0.381. The molecule has 0 N–H and O–H groups in total.